The molecule has 4 rings (SSSR count). The number of thioether (sulfide) groups is 1. The summed E-state index contributed by atoms with van der Waals surface area (Å²) < 4.78 is 0. The van der Waals surface area contributed by atoms with E-state index in [1.54, 1.807) is 23.7 Å². The van der Waals surface area contributed by atoms with Crippen molar-refractivity contribution in [1.29, 1.82) is 0 Å². The highest BCUT2D eigenvalue weighted by Crippen LogP contribution is 2.36. The molecule has 4 atom stereocenters. The van der Waals surface area contributed by atoms with Crippen molar-refractivity contribution >= 4 is 29.5 Å². The summed E-state index contributed by atoms with van der Waals surface area (Å²) in [4.78, 5) is 40.3. The Labute approximate surface area is 181 Å². The molecule has 2 saturated heterocycles. The fourth-order valence-corrected chi connectivity index (χ4v) is 6.19. The van der Waals surface area contributed by atoms with Crippen molar-refractivity contribution in [1.82, 2.24) is 20.9 Å². The van der Waals surface area contributed by atoms with Gasteiger partial charge in [-0.3, -0.25) is 14.4 Å². The number of carbonyl (C=O) groups excluding carboxylic acids is 3. The average Bonchev–Trinajstić information content (AvgIpc) is 3.10. The number of likely N-dealkylation sites (N-methyl/N-ethyl adjacent to an activating group) is 1. The first-order chi connectivity index (χ1) is 14.6. The highest BCUT2D eigenvalue weighted by atomic mass is 32.2. The quantitative estimate of drug-likeness (QED) is 0.656. The Kier molecular flexibility index (Phi) is 6.63. The van der Waals surface area contributed by atoms with Gasteiger partial charge in [-0.15, -0.1) is 11.8 Å². The van der Waals surface area contributed by atoms with Gasteiger partial charge in [-0.05, 0) is 62.5 Å². The van der Waals surface area contributed by atoms with Crippen LogP contribution < -0.4 is 16.0 Å². The van der Waals surface area contributed by atoms with E-state index in [-0.39, 0.29) is 35.7 Å². The molecular weight excluding hydrogens is 400 g/mol. The van der Waals surface area contributed by atoms with Gasteiger partial charge in [-0.25, -0.2) is 0 Å². The van der Waals surface area contributed by atoms with Crippen LogP contribution in [0.2, 0.25) is 0 Å². The Balaban J connectivity index is 1.47. The second kappa shape index (κ2) is 9.39. The van der Waals surface area contributed by atoms with Crippen LogP contribution in [0, 0.1) is 0 Å². The highest BCUT2D eigenvalue weighted by molar-refractivity contribution is 7.99. The van der Waals surface area contributed by atoms with Gasteiger partial charge in [0, 0.05) is 0 Å². The molecule has 3 amide bonds. The zero-order chi connectivity index (χ0) is 21.1. The number of hydrogen-bond donors (Lipinski definition) is 3. The fourth-order valence-electron chi connectivity index (χ4n) is 4.83. The van der Waals surface area contributed by atoms with E-state index in [0.717, 1.165) is 31.4 Å². The molecule has 0 aromatic heterocycles. The van der Waals surface area contributed by atoms with Gasteiger partial charge < -0.3 is 20.9 Å². The van der Waals surface area contributed by atoms with Crippen LogP contribution in [0.1, 0.15) is 49.3 Å². The fraction of sp³-hybridized carbons (Fsp3) is 0.591. The first kappa shape index (κ1) is 21.2. The second-order valence-electron chi connectivity index (χ2n) is 8.26. The van der Waals surface area contributed by atoms with Crippen LogP contribution in [-0.2, 0) is 20.8 Å². The lowest BCUT2D eigenvalue weighted by molar-refractivity contribution is -0.142. The molecule has 2 aliphatic heterocycles. The van der Waals surface area contributed by atoms with Gasteiger partial charge in [0.25, 0.3) is 0 Å². The molecule has 1 aromatic rings. The summed E-state index contributed by atoms with van der Waals surface area (Å²) in [6.07, 6.45) is 5.09. The minimum absolute atomic E-state index is 0.00219. The Hall–Kier alpha value is -2.06. The molecule has 162 valence electrons. The first-order valence-corrected chi connectivity index (χ1v) is 11.9. The van der Waals surface area contributed by atoms with Crippen LogP contribution in [0.4, 0.5) is 0 Å². The molecule has 0 bridgehead atoms. The van der Waals surface area contributed by atoms with E-state index >= 15 is 0 Å². The minimum Gasteiger partial charge on any atom is -0.347 e. The molecule has 3 N–H and O–H groups in total. The van der Waals surface area contributed by atoms with Crippen LogP contribution in [0.3, 0.4) is 0 Å². The van der Waals surface area contributed by atoms with Crippen LogP contribution >= 0.6 is 11.8 Å². The van der Waals surface area contributed by atoms with E-state index in [9.17, 15) is 14.4 Å². The normalized spacial score (nSPS) is 28.3. The van der Waals surface area contributed by atoms with Gasteiger partial charge in [0.1, 0.15) is 12.1 Å². The summed E-state index contributed by atoms with van der Waals surface area (Å²) in [6, 6.07) is 7.26. The molecule has 1 aliphatic carbocycles. The van der Waals surface area contributed by atoms with Crippen LogP contribution in [-0.4, -0.2) is 59.4 Å². The largest absolute Gasteiger partial charge is 0.347 e. The van der Waals surface area contributed by atoms with Crippen molar-refractivity contribution in [2.45, 2.75) is 62.0 Å². The van der Waals surface area contributed by atoms with Crippen molar-refractivity contribution in [3.05, 3.63) is 35.4 Å². The molecule has 7 nitrogen and oxygen atoms in total. The van der Waals surface area contributed by atoms with E-state index in [2.05, 4.69) is 28.1 Å². The summed E-state index contributed by atoms with van der Waals surface area (Å²) in [5.74, 6) is 0.395. The highest BCUT2D eigenvalue weighted by Gasteiger charge is 2.45. The summed E-state index contributed by atoms with van der Waals surface area (Å²) in [7, 11) is 1.70. The molecule has 0 unspecified atom stereocenters. The van der Waals surface area contributed by atoms with Gasteiger partial charge >= 0.3 is 0 Å². The molecule has 2 heterocycles. The summed E-state index contributed by atoms with van der Waals surface area (Å²) >= 11 is 1.72. The molecule has 0 radical (unpaired) electrons. The van der Waals surface area contributed by atoms with Crippen LogP contribution in [0.25, 0.3) is 0 Å². The van der Waals surface area contributed by atoms with Gasteiger partial charge in [-0.1, -0.05) is 24.3 Å². The number of carbonyl (C=O) groups is 3. The summed E-state index contributed by atoms with van der Waals surface area (Å²) in [6.45, 7) is 0.172. The molecular formula is C22H30N4O3S. The number of benzene rings is 1. The molecule has 2 fully saturated rings. The summed E-state index contributed by atoms with van der Waals surface area (Å²) in [5, 5.41) is 8.89. The SMILES string of the molecule is CNCC(=O)N[C@H]1CCS[C@H]2CC[C@H](C(=O)N[C@@H]3CCCc4ccccc43)N2C1=O. The number of aryl methyl sites for hydroxylation is 1. The van der Waals surface area contributed by atoms with Gasteiger partial charge in [0.2, 0.25) is 17.7 Å². The number of fused-ring (bicyclic) bond motifs is 2. The zero-order valence-corrected chi connectivity index (χ0v) is 18.2. The van der Waals surface area contributed by atoms with E-state index in [1.807, 2.05) is 12.1 Å². The monoisotopic (exact) mass is 430 g/mol. The molecule has 30 heavy (non-hydrogen) atoms. The Morgan fingerprint density at radius 2 is 1.93 bits per heavy atom. The second-order valence-corrected chi connectivity index (χ2v) is 9.54. The number of nitrogens with zero attached hydrogens (tertiary/aromatic N) is 1. The lowest BCUT2D eigenvalue weighted by Crippen LogP contribution is -2.55. The standard InChI is InChI=1S/C22H30N4O3S/c1-23-13-19(27)24-17-11-12-30-20-10-9-18(26(20)22(17)29)21(28)25-16-8-4-6-14-5-2-3-7-15(14)16/h2-3,5,7,16-18,20,23H,4,6,8-13H2,1H3,(H,24,27)(H,25,28)/t16-,17+,18-,20+/m1/s1. The maximum Gasteiger partial charge on any atom is 0.246 e. The van der Waals surface area contributed by atoms with E-state index in [1.165, 1.54) is 11.1 Å². The maximum absolute atomic E-state index is 13.3. The topological polar surface area (TPSA) is 90.5 Å². The lowest BCUT2D eigenvalue weighted by atomic mass is 9.87. The number of hydrogen-bond acceptors (Lipinski definition) is 5. The third-order valence-corrected chi connectivity index (χ3v) is 7.58. The first-order valence-electron chi connectivity index (χ1n) is 10.8. The molecule has 1 aromatic carbocycles. The van der Waals surface area contributed by atoms with Crippen LogP contribution in [0.5, 0.6) is 0 Å². The lowest BCUT2D eigenvalue weighted by Gasteiger charge is -2.32. The van der Waals surface area contributed by atoms with Crippen molar-refractivity contribution in [3.63, 3.8) is 0 Å². The smallest absolute Gasteiger partial charge is 0.246 e. The summed E-state index contributed by atoms with van der Waals surface area (Å²) in [5.41, 5.74) is 2.49. The molecule has 0 spiro atoms. The predicted octanol–water partition coefficient (Wildman–Crippen LogP) is 1.34. The van der Waals surface area contributed by atoms with E-state index < -0.39 is 12.1 Å². The maximum atomic E-state index is 13.3. The van der Waals surface area contributed by atoms with E-state index in [4.69, 9.17) is 0 Å². The third kappa shape index (κ3) is 4.34. The zero-order valence-electron chi connectivity index (χ0n) is 17.4. The van der Waals surface area contributed by atoms with Crippen molar-refractivity contribution < 1.29 is 14.4 Å². The average molecular weight is 431 g/mol. The van der Waals surface area contributed by atoms with Crippen molar-refractivity contribution in [2.75, 3.05) is 19.3 Å². The predicted molar refractivity (Wildman–Crippen MR) is 117 cm³/mol. The number of nitrogens with one attached hydrogen (secondary N) is 3. The van der Waals surface area contributed by atoms with E-state index in [0.29, 0.717) is 12.8 Å². The van der Waals surface area contributed by atoms with Crippen molar-refractivity contribution in [2.24, 2.45) is 0 Å². The molecule has 3 aliphatic rings. The van der Waals surface area contributed by atoms with Crippen molar-refractivity contribution in [3.8, 4) is 0 Å². The molecule has 0 saturated carbocycles. The number of amides is 3. The number of rotatable bonds is 5. The van der Waals surface area contributed by atoms with Gasteiger partial charge in [-0.2, -0.15) is 0 Å². The molecule has 8 heteroatoms. The Morgan fingerprint density at radius 1 is 1.10 bits per heavy atom. The third-order valence-electron chi connectivity index (χ3n) is 6.26. The van der Waals surface area contributed by atoms with Crippen LogP contribution in [0.15, 0.2) is 24.3 Å². The van der Waals surface area contributed by atoms with Gasteiger partial charge in [0.05, 0.1) is 18.0 Å². The Bertz CT molecular complexity index is 817. The Morgan fingerprint density at radius 3 is 2.77 bits per heavy atom. The minimum atomic E-state index is -0.563. The van der Waals surface area contributed by atoms with Gasteiger partial charge in [0.15, 0.2) is 0 Å².